The molecule has 1 heterocycles. The molecule has 1 aromatic carbocycles. The molecular weight excluding hydrogens is 411 g/mol. The highest BCUT2D eigenvalue weighted by Crippen LogP contribution is 2.29. The summed E-state index contributed by atoms with van der Waals surface area (Å²) in [6.07, 6.45) is -9.96. The van der Waals surface area contributed by atoms with Crippen LogP contribution in [0.3, 0.4) is 0 Å². The summed E-state index contributed by atoms with van der Waals surface area (Å²) in [5.41, 5.74) is 0.601. The molecule has 30 heavy (non-hydrogen) atoms. The van der Waals surface area contributed by atoms with Crippen LogP contribution < -0.4 is 4.74 Å². The molecule has 0 bridgehead atoms. The standard InChI is InChI=1S/C20H23F5N2O3/c1-11(2)29-15-7-5-6-14(8-15)18(19(21)22)30-17(28)9-16-12(3)26-27(13(16)4)10-20(23,24)25/h5-8,11,18-19H,9-10H2,1-4H3. The van der Waals surface area contributed by atoms with Crippen molar-refractivity contribution in [3.05, 3.63) is 46.8 Å². The lowest BCUT2D eigenvalue weighted by molar-refractivity contribution is -0.157. The van der Waals surface area contributed by atoms with Crippen LogP contribution in [0.2, 0.25) is 0 Å². The lowest BCUT2D eigenvalue weighted by atomic mass is 10.1. The molecule has 5 nitrogen and oxygen atoms in total. The Balaban J connectivity index is 2.17. The van der Waals surface area contributed by atoms with Crippen LogP contribution in [0.1, 0.15) is 42.5 Å². The van der Waals surface area contributed by atoms with Crippen molar-refractivity contribution in [2.45, 2.75) is 65.5 Å². The Hall–Kier alpha value is -2.65. The van der Waals surface area contributed by atoms with Crippen LogP contribution in [0.25, 0.3) is 0 Å². The second-order valence-electron chi connectivity index (χ2n) is 7.08. The molecule has 0 radical (unpaired) electrons. The van der Waals surface area contributed by atoms with E-state index in [1.165, 1.54) is 32.0 Å². The van der Waals surface area contributed by atoms with Gasteiger partial charge >= 0.3 is 12.1 Å². The Kier molecular flexibility index (Phi) is 7.44. The van der Waals surface area contributed by atoms with Crippen LogP contribution in [0.15, 0.2) is 24.3 Å². The summed E-state index contributed by atoms with van der Waals surface area (Å²) in [5, 5.41) is 3.78. The molecule has 0 N–H and O–H groups in total. The van der Waals surface area contributed by atoms with E-state index < -0.39 is 37.6 Å². The van der Waals surface area contributed by atoms with Crippen molar-refractivity contribution in [1.29, 1.82) is 0 Å². The molecule has 1 atom stereocenters. The highest BCUT2D eigenvalue weighted by Gasteiger charge is 2.31. The number of carbonyl (C=O) groups excluding carboxylic acids is 1. The van der Waals surface area contributed by atoms with Gasteiger partial charge in [0.05, 0.1) is 18.2 Å². The maximum absolute atomic E-state index is 13.6. The highest BCUT2D eigenvalue weighted by atomic mass is 19.4. The van der Waals surface area contributed by atoms with E-state index in [0.717, 1.165) is 4.68 Å². The van der Waals surface area contributed by atoms with Gasteiger partial charge in [-0.1, -0.05) is 12.1 Å². The summed E-state index contributed by atoms with van der Waals surface area (Å²) in [6, 6.07) is 5.85. The second-order valence-corrected chi connectivity index (χ2v) is 7.08. The predicted octanol–water partition coefficient (Wildman–Crippen LogP) is 4.94. The molecule has 1 unspecified atom stereocenters. The van der Waals surface area contributed by atoms with Gasteiger partial charge in [-0.2, -0.15) is 18.3 Å². The zero-order valence-corrected chi connectivity index (χ0v) is 17.0. The monoisotopic (exact) mass is 434 g/mol. The zero-order chi connectivity index (χ0) is 22.6. The van der Waals surface area contributed by atoms with Gasteiger partial charge in [0.15, 0.2) is 6.10 Å². The van der Waals surface area contributed by atoms with E-state index in [2.05, 4.69) is 5.10 Å². The number of benzene rings is 1. The smallest absolute Gasteiger partial charge is 0.408 e. The van der Waals surface area contributed by atoms with Gasteiger partial charge in [0, 0.05) is 16.8 Å². The molecule has 1 aromatic heterocycles. The third-order valence-electron chi connectivity index (χ3n) is 4.23. The molecule has 0 aliphatic carbocycles. The fraction of sp³-hybridized carbons (Fsp3) is 0.500. The molecule has 0 saturated carbocycles. The first-order chi connectivity index (χ1) is 13.9. The summed E-state index contributed by atoms with van der Waals surface area (Å²) in [5.74, 6) is -0.641. The van der Waals surface area contributed by atoms with Crippen molar-refractivity contribution in [1.82, 2.24) is 9.78 Å². The van der Waals surface area contributed by atoms with E-state index in [-0.39, 0.29) is 28.6 Å². The SMILES string of the molecule is Cc1nn(CC(F)(F)F)c(C)c1CC(=O)OC(c1cccc(OC(C)C)c1)C(F)F. The quantitative estimate of drug-likeness (QED) is 0.436. The Morgan fingerprint density at radius 1 is 1.20 bits per heavy atom. The third kappa shape index (κ3) is 6.43. The van der Waals surface area contributed by atoms with Crippen LogP contribution in [0.5, 0.6) is 5.75 Å². The summed E-state index contributed by atoms with van der Waals surface area (Å²) >= 11 is 0. The highest BCUT2D eigenvalue weighted by molar-refractivity contribution is 5.73. The summed E-state index contributed by atoms with van der Waals surface area (Å²) in [7, 11) is 0. The fourth-order valence-electron chi connectivity index (χ4n) is 2.94. The first kappa shape index (κ1) is 23.6. The average molecular weight is 434 g/mol. The number of hydrogen-bond acceptors (Lipinski definition) is 4. The Bertz CT molecular complexity index is 878. The average Bonchev–Trinajstić information content (AvgIpc) is 2.85. The summed E-state index contributed by atoms with van der Waals surface area (Å²) in [4.78, 5) is 12.3. The number of nitrogens with zero attached hydrogens (tertiary/aromatic N) is 2. The number of alkyl halides is 5. The predicted molar refractivity (Wildman–Crippen MR) is 98.5 cm³/mol. The normalized spacial score (nSPS) is 13.0. The van der Waals surface area contributed by atoms with Gasteiger partial charge in [0.2, 0.25) is 0 Å². The molecule has 0 aliphatic heterocycles. The molecule has 166 valence electrons. The van der Waals surface area contributed by atoms with Crippen molar-refractivity contribution >= 4 is 5.97 Å². The lowest BCUT2D eigenvalue weighted by Crippen LogP contribution is -2.21. The van der Waals surface area contributed by atoms with Gasteiger partial charge in [-0.25, -0.2) is 8.78 Å². The van der Waals surface area contributed by atoms with E-state index in [1.54, 1.807) is 19.9 Å². The Morgan fingerprint density at radius 2 is 1.87 bits per heavy atom. The summed E-state index contributed by atoms with van der Waals surface area (Å²) < 4.78 is 76.2. The van der Waals surface area contributed by atoms with Crippen molar-refractivity contribution < 1.29 is 36.2 Å². The number of hydrogen-bond donors (Lipinski definition) is 0. The van der Waals surface area contributed by atoms with Crippen LogP contribution in [-0.4, -0.2) is 34.5 Å². The number of rotatable bonds is 8. The minimum Gasteiger partial charge on any atom is -0.491 e. The van der Waals surface area contributed by atoms with Crippen molar-refractivity contribution in [3.63, 3.8) is 0 Å². The minimum absolute atomic E-state index is 0.0534. The van der Waals surface area contributed by atoms with Crippen molar-refractivity contribution in [2.75, 3.05) is 0 Å². The topological polar surface area (TPSA) is 53.4 Å². The Morgan fingerprint density at radius 3 is 2.43 bits per heavy atom. The molecule has 0 saturated heterocycles. The molecule has 2 rings (SSSR count). The number of carbonyl (C=O) groups is 1. The van der Waals surface area contributed by atoms with Gasteiger partial charge in [-0.15, -0.1) is 0 Å². The number of aryl methyl sites for hydroxylation is 1. The van der Waals surface area contributed by atoms with E-state index in [0.29, 0.717) is 5.75 Å². The largest absolute Gasteiger partial charge is 0.491 e. The fourth-order valence-corrected chi connectivity index (χ4v) is 2.94. The zero-order valence-electron chi connectivity index (χ0n) is 17.0. The van der Waals surface area contributed by atoms with Crippen LogP contribution in [0, 0.1) is 13.8 Å². The van der Waals surface area contributed by atoms with Crippen molar-refractivity contribution in [3.8, 4) is 5.75 Å². The lowest BCUT2D eigenvalue weighted by Gasteiger charge is -2.19. The van der Waals surface area contributed by atoms with Gasteiger partial charge in [-0.3, -0.25) is 9.48 Å². The maximum atomic E-state index is 13.6. The molecule has 10 heteroatoms. The van der Waals surface area contributed by atoms with Gasteiger partial charge in [0.25, 0.3) is 6.43 Å². The van der Waals surface area contributed by atoms with Crippen LogP contribution in [-0.2, 0) is 22.5 Å². The summed E-state index contributed by atoms with van der Waals surface area (Å²) in [6.45, 7) is 5.07. The number of aromatic nitrogens is 2. The van der Waals surface area contributed by atoms with E-state index in [4.69, 9.17) is 9.47 Å². The number of halogens is 5. The van der Waals surface area contributed by atoms with E-state index >= 15 is 0 Å². The van der Waals surface area contributed by atoms with Crippen LogP contribution >= 0.6 is 0 Å². The molecule has 2 aromatic rings. The van der Waals surface area contributed by atoms with Gasteiger partial charge < -0.3 is 9.47 Å². The Labute approximate surface area is 170 Å². The van der Waals surface area contributed by atoms with E-state index in [1.807, 2.05) is 0 Å². The number of esters is 1. The number of ether oxygens (including phenoxy) is 2. The first-order valence-electron chi connectivity index (χ1n) is 9.21. The van der Waals surface area contributed by atoms with Crippen LogP contribution in [0.4, 0.5) is 22.0 Å². The minimum atomic E-state index is -4.48. The first-order valence-corrected chi connectivity index (χ1v) is 9.21. The van der Waals surface area contributed by atoms with Crippen molar-refractivity contribution in [2.24, 2.45) is 0 Å². The van der Waals surface area contributed by atoms with Gasteiger partial charge in [-0.05, 0) is 39.8 Å². The van der Waals surface area contributed by atoms with E-state index in [9.17, 15) is 26.7 Å². The molecular formula is C20H23F5N2O3. The maximum Gasteiger partial charge on any atom is 0.408 e. The molecule has 0 spiro atoms. The molecule has 0 fully saturated rings. The molecule has 0 aliphatic rings. The second kappa shape index (κ2) is 9.44. The third-order valence-corrected chi connectivity index (χ3v) is 4.23. The molecule has 0 amide bonds. The van der Waals surface area contributed by atoms with Gasteiger partial charge in [0.1, 0.15) is 12.3 Å².